The molecule has 2 aromatic carbocycles. The number of halogens is 1. The lowest BCUT2D eigenvalue weighted by molar-refractivity contribution is -0.133. The maximum absolute atomic E-state index is 12.7. The van der Waals surface area contributed by atoms with Crippen LogP contribution in [0.5, 0.6) is 0 Å². The first kappa shape index (κ1) is 23.6. The summed E-state index contributed by atoms with van der Waals surface area (Å²) < 4.78 is 0. The molecule has 1 atom stereocenters. The molecule has 0 radical (unpaired) electrons. The van der Waals surface area contributed by atoms with E-state index in [-0.39, 0.29) is 18.4 Å². The van der Waals surface area contributed by atoms with Crippen molar-refractivity contribution in [2.45, 2.75) is 19.9 Å². The van der Waals surface area contributed by atoms with Gasteiger partial charge in [-0.15, -0.1) is 0 Å². The molecule has 0 spiro atoms. The van der Waals surface area contributed by atoms with Gasteiger partial charge >= 0.3 is 0 Å². The molecule has 0 aromatic heterocycles. The van der Waals surface area contributed by atoms with Gasteiger partial charge in [-0.3, -0.25) is 14.4 Å². The van der Waals surface area contributed by atoms with E-state index >= 15 is 0 Å². The Balaban J connectivity index is 1.50. The summed E-state index contributed by atoms with van der Waals surface area (Å²) in [6.45, 7) is 6.25. The number of carbonyl (C=O) groups excluding carboxylic acids is 3. The Morgan fingerprint density at radius 3 is 2.19 bits per heavy atom. The predicted molar refractivity (Wildman–Crippen MR) is 126 cm³/mol. The van der Waals surface area contributed by atoms with Crippen molar-refractivity contribution in [1.29, 1.82) is 0 Å². The Morgan fingerprint density at radius 1 is 0.938 bits per heavy atom. The zero-order chi connectivity index (χ0) is 23.1. The van der Waals surface area contributed by atoms with E-state index in [1.165, 1.54) is 0 Å². The largest absolute Gasteiger partial charge is 0.368 e. The molecule has 1 fully saturated rings. The summed E-state index contributed by atoms with van der Waals surface area (Å²) in [5, 5.41) is 5.73. The number of rotatable bonds is 7. The van der Waals surface area contributed by atoms with Crippen molar-refractivity contribution in [3.8, 4) is 0 Å². The molecule has 1 aliphatic heterocycles. The number of nitrogens with one attached hydrogen (secondary N) is 2. The minimum absolute atomic E-state index is 0.102. The fourth-order valence-corrected chi connectivity index (χ4v) is 3.86. The highest BCUT2D eigenvalue weighted by Crippen LogP contribution is 2.16. The van der Waals surface area contributed by atoms with Gasteiger partial charge in [-0.1, -0.05) is 55.8 Å². The Bertz CT molecular complexity index is 943. The van der Waals surface area contributed by atoms with Crippen molar-refractivity contribution in [1.82, 2.24) is 15.5 Å². The molecule has 7 nitrogen and oxygen atoms in total. The fraction of sp³-hybridized carbons (Fsp3) is 0.375. The molecule has 2 N–H and O–H groups in total. The van der Waals surface area contributed by atoms with Crippen LogP contribution in [0.4, 0.5) is 5.69 Å². The highest BCUT2D eigenvalue weighted by Gasteiger charge is 2.27. The normalized spacial score (nSPS) is 14.8. The Kier molecular flexibility index (Phi) is 8.11. The van der Waals surface area contributed by atoms with E-state index in [9.17, 15) is 14.4 Å². The van der Waals surface area contributed by atoms with Gasteiger partial charge in [-0.25, -0.2) is 0 Å². The number of benzene rings is 2. The topological polar surface area (TPSA) is 81.8 Å². The molecule has 0 aliphatic carbocycles. The third-order valence-corrected chi connectivity index (χ3v) is 5.85. The molecular weight excluding hydrogens is 428 g/mol. The molecule has 3 rings (SSSR count). The van der Waals surface area contributed by atoms with E-state index < -0.39 is 17.9 Å². The molecule has 1 saturated heterocycles. The van der Waals surface area contributed by atoms with E-state index in [4.69, 9.17) is 11.6 Å². The number of para-hydroxylation sites is 1. The summed E-state index contributed by atoms with van der Waals surface area (Å²) in [5.41, 5.74) is 1.45. The summed E-state index contributed by atoms with van der Waals surface area (Å²) in [4.78, 5) is 41.9. The molecule has 2 aromatic rings. The molecule has 1 unspecified atom stereocenters. The highest BCUT2D eigenvalue weighted by atomic mass is 35.5. The first-order valence-electron chi connectivity index (χ1n) is 10.8. The van der Waals surface area contributed by atoms with Gasteiger partial charge < -0.3 is 20.4 Å². The van der Waals surface area contributed by atoms with Crippen LogP contribution < -0.4 is 15.5 Å². The summed E-state index contributed by atoms with van der Waals surface area (Å²) in [7, 11) is 0. The van der Waals surface area contributed by atoms with Crippen molar-refractivity contribution in [3.05, 3.63) is 65.2 Å². The Morgan fingerprint density at radius 2 is 1.56 bits per heavy atom. The quantitative estimate of drug-likeness (QED) is 0.671. The first-order chi connectivity index (χ1) is 15.4. The van der Waals surface area contributed by atoms with Gasteiger partial charge in [0.15, 0.2) is 0 Å². The van der Waals surface area contributed by atoms with Gasteiger partial charge in [-0.2, -0.15) is 0 Å². The van der Waals surface area contributed by atoms with Crippen LogP contribution in [0.3, 0.4) is 0 Å². The molecule has 32 heavy (non-hydrogen) atoms. The van der Waals surface area contributed by atoms with Crippen LogP contribution >= 0.6 is 11.6 Å². The number of anilines is 1. The number of amides is 3. The Labute approximate surface area is 193 Å². The molecule has 1 aliphatic rings. The van der Waals surface area contributed by atoms with Gasteiger partial charge in [0.1, 0.15) is 6.04 Å². The molecular formula is C24H29ClN4O3. The molecule has 170 valence electrons. The van der Waals surface area contributed by atoms with Crippen LogP contribution in [0.15, 0.2) is 54.6 Å². The van der Waals surface area contributed by atoms with E-state index in [1.807, 2.05) is 32.0 Å². The third-order valence-electron chi connectivity index (χ3n) is 5.52. The zero-order valence-corrected chi connectivity index (χ0v) is 19.1. The lowest BCUT2D eigenvalue weighted by atomic mass is 10.0. The molecule has 0 saturated carbocycles. The monoisotopic (exact) mass is 456 g/mol. The second-order valence-electron chi connectivity index (χ2n) is 8.10. The predicted octanol–water partition coefficient (Wildman–Crippen LogP) is 2.56. The Hall–Kier alpha value is -3.06. The smallest absolute Gasteiger partial charge is 0.253 e. The van der Waals surface area contributed by atoms with Gasteiger partial charge in [0.25, 0.3) is 5.91 Å². The van der Waals surface area contributed by atoms with Gasteiger partial charge in [0.05, 0.1) is 17.1 Å². The van der Waals surface area contributed by atoms with E-state index in [1.54, 1.807) is 29.2 Å². The van der Waals surface area contributed by atoms with Gasteiger partial charge in [0.2, 0.25) is 11.8 Å². The van der Waals surface area contributed by atoms with E-state index in [2.05, 4.69) is 27.7 Å². The SMILES string of the molecule is CC(C)C(NC(=O)c1ccccc1Cl)C(=O)NCC(=O)N1CCN(c2ccccc2)CC1. The number of piperazine rings is 1. The van der Waals surface area contributed by atoms with Crippen molar-refractivity contribution in [2.24, 2.45) is 5.92 Å². The number of nitrogens with zero attached hydrogens (tertiary/aromatic N) is 2. The number of carbonyl (C=O) groups is 3. The van der Waals surface area contributed by atoms with Crippen LogP contribution in [-0.2, 0) is 9.59 Å². The van der Waals surface area contributed by atoms with Crippen molar-refractivity contribution >= 4 is 35.0 Å². The van der Waals surface area contributed by atoms with Crippen molar-refractivity contribution in [2.75, 3.05) is 37.6 Å². The summed E-state index contributed by atoms with van der Waals surface area (Å²) in [6.07, 6.45) is 0. The minimum atomic E-state index is -0.776. The summed E-state index contributed by atoms with van der Waals surface area (Å²) >= 11 is 6.08. The van der Waals surface area contributed by atoms with Crippen LogP contribution in [0, 0.1) is 5.92 Å². The van der Waals surface area contributed by atoms with Crippen LogP contribution in [0.25, 0.3) is 0 Å². The summed E-state index contributed by atoms with van der Waals surface area (Å²) in [6, 6.07) is 16.0. The maximum Gasteiger partial charge on any atom is 0.253 e. The van der Waals surface area contributed by atoms with E-state index in [0.29, 0.717) is 23.7 Å². The van der Waals surface area contributed by atoms with Crippen LogP contribution in [0.2, 0.25) is 5.02 Å². The standard InChI is InChI=1S/C24H29ClN4O3/c1-17(2)22(27-23(31)19-10-6-7-11-20(19)25)24(32)26-16-21(30)29-14-12-28(13-15-29)18-8-4-3-5-9-18/h3-11,17,22H,12-16H2,1-2H3,(H,26,32)(H,27,31). The average Bonchev–Trinajstić information content (AvgIpc) is 2.81. The van der Waals surface area contributed by atoms with Gasteiger partial charge in [-0.05, 0) is 30.2 Å². The van der Waals surface area contributed by atoms with Gasteiger partial charge in [0, 0.05) is 31.9 Å². The lowest BCUT2D eigenvalue weighted by Crippen LogP contribution is -2.54. The first-order valence-corrected chi connectivity index (χ1v) is 11.2. The molecule has 3 amide bonds. The number of hydrogen-bond donors (Lipinski definition) is 2. The third kappa shape index (κ3) is 6.01. The highest BCUT2D eigenvalue weighted by molar-refractivity contribution is 6.33. The van der Waals surface area contributed by atoms with Crippen LogP contribution in [-0.4, -0.2) is 61.4 Å². The van der Waals surface area contributed by atoms with Crippen LogP contribution in [0.1, 0.15) is 24.2 Å². The maximum atomic E-state index is 12.7. The second-order valence-corrected chi connectivity index (χ2v) is 8.50. The molecule has 1 heterocycles. The zero-order valence-electron chi connectivity index (χ0n) is 18.4. The van der Waals surface area contributed by atoms with Crippen molar-refractivity contribution < 1.29 is 14.4 Å². The summed E-state index contributed by atoms with van der Waals surface area (Å²) in [5.74, 6) is -1.11. The molecule has 0 bridgehead atoms. The lowest BCUT2D eigenvalue weighted by Gasteiger charge is -2.36. The average molecular weight is 457 g/mol. The minimum Gasteiger partial charge on any atom is -0.368 e. The van der Waals surface area contributed by atoms with Crippen molar-refractivity contribution in [3.63, 3.8) is 0 Å². The fourth-order valence-electron chi connectivity index (χ4n) is 3.64. The molecule has 8 heteroatoms. The van der Waals surface area contributed by atoms with E-state index in [0.717, 1.165) is 18.8 Å². The second kappa shape index (κ2) is 11.0. The number of hydrogen-bond acceptors (Lipinski definition) is 4.